The van der Waals surface area contributed by atoms with Gasteiger partial charge in [-0.25, -0.2) is 0 Å². The minimum atomic E-state index is 0.746. The van der Waals surface area contributed by atoms with Gasteiger partial charge in [0.05, 0.1) is 0 Å². The van der Waals surface area contributed by atoms with Gasteiger partial charge in [0.25, 0.3) is 0 Å². The lowest BCUT2D eigenvalue weighted by Gasteiger charge is -2.36. The first-order chi connectivity index (χ1) is 9.79. The molecular weight excluding hydrogens is 244 g/mol. The predicted octanol–water partition coefficient (Wildman–Crippen LogP) is 3.52. The molecule has 2 nitrogen and oxygen atoms in total. The van der Waals surface area contributed by atoms with Crippen LogP contribution in [-0.4, -0.2) is 26.2 Å². The zero-order chi connectivity index (χ0) is 13.9. The van der Waals surface area contributed by atoms with Crippen LogP contribution in [0.2, 0.25) is 0 Å². The van der Waals surface area contributed by atoms with E-state index in [1.807, 2.05) is 0 Å². The van der Waals surface area contributed by atoms with Crippen LogP contribution in [0.25, 0.3) is 10.8 Å². The van der Waals surface area contributed by atoms with Crippen molar-refractivity contribution in [2.45, 2.75) is 13.8 Å². The highest BCUT2D eigenvalue weighted by molar-refractivity contribution is 5.94. The van der Waals surface area contributed by atoms with E-state index in [1.54, 1.807) is 0 Å². The second-order valence-electron chi connectivity index (χ2n) is 5.93. The average Bonchev–Trinajstić information content (AvgIpc) is 2.42. The number of rotatable bonds is 5. The molecule has 2 aromatic carbocycles. The van der Waals surface area contributed by atoms with Gasteiger partial charge in [0.15, 0.2) is 0 Å². The molecule has 2 heteroatoms. The fourth-order valence-electron chi connectivity index (χ4n) is 3.09. The van der Waals surface area contributed by atoms with E-state index in [1.165, 1.54) is 29.5 Å². The highest BCUT2D eigenvalue weighted by atomic mass is 15.1. The summed E-state index contributed by atoms with van der Waals surface area (Å²) in [6.07, 6.45) is 0. The van der Waals surface area contributed by atoms with Gasteiger partial charge in [-0.3, -0.25) is 0 Å². The third-order valence-electron chi connectivity index (χ3n) is 4.62. The van der Waals surface area contributed by atoms with Crippen molar-refractivity contribution in [1.29, 1.82) is 0 Å². The summed E-state index contributed by atoms with van der Waals surface area (Å²) in [4.78, 5) is 2.53. The van der Waals surface area contributed by atoms with E-state index < -0.39 is 0 Å². The maximum Gasteiger partial charge on any atom is 0.0445 e. The van der Waals surface area contributed by atoms with E-state index >= 15 is 0 Å². The SMILES string of the molecule is CCN(CC(C)C1CNC1)c1cccc2ccccc12. The maximum atomic E-state index is 3.38. The van der Waals surface area contributed by atoms with Gasteiger partial charge in [0.2, 0.25) is 0 Å². The van der Waals surface area contributed by atoms with E-state index in [0.29, 0.717) is 0 Å². The van der Waals surface area contributed by atoms with Crippen LogP contribution in [0.4, 0.5) is 5.69 Å². The molecular formula is C18H24N2. The lowest BCUT2D eigenvalue weighted by Crippen LogP contribution is -2.48. The molecule has 0 bridgehead atoms. The number of nitrogens with one attached hydrogen (secondary N) is 1. The van der Waals surface area contributed by atoms with Gasteiger partial charge in [0, 0.05) is 24.2 Å². The molecule has 0 radical (unpaired) electrons. The van der Waals surface area contributed by atoms with Crippen molar-refractivity contribution in [3.63, 3.8) is 0 Å². The van der Waals surface area contributed by atoms with Crippen molar-refractivity contribution < 1.29 is 0 Å². The monoisotopic (exact) mass is 268 g/mol. The van der Waals surface area contributed by atoms with Crippen LogP contribution < -0.4 is 10.2 Å². The minimum absolute atomic E-state index is 0.746. The molecule has 0 saturated carbocycles. The topological polar surface area (TPSA) is 15.3 Å². The summed E-state index contributed by atoms with van der Waals surface area (Å²) >= 11 is 0. The van der Waals surface area contributed by atoms with E-state index in [9.17, 15) is 0 Å². The van der Waals surface area contributed by atoms with Gasteiger partial charge in [-0.1, -0.05) is 43.3 Å². The van der Waals surface area contributed by atoms with Crippen LogP contribution in [0.3, 0.4) is 0 Å². The summed E-state index contributed by atoms with van der Waals surface area (Å²) in [5.41, 5.74) is 1.38. The van der Waals surface area contributed by atoms with E-state index in [0.717, 1.165) is 24.9 Å². The van der Waals surface area contributed by atoms with Crippen LogP contribution >= 0.6 is 0 Å². The Balaban J connectivity index is 1.86. The Bertz CT molecular complexity index is 569. The standard InChI is InChI=1S/C18H24N2/c1-3-20(13-14(2)16-11-19-12-16)18-10-6-8-15-7-4-5-9-17(15)18/h4-10,14,16,19H,3,11-13H2,1-2H3. The summed E-state index contributed by atoms with van der Waals surface area (Å²) < 4.78 is 0. The third-order valence-corrected chi connectivity index (χ3v) is 4.62. The average molecular weight is 268 g/mol. The lowest BCUT2D eigenvalue weighted by molar-refractivity contribution is 0.251. The number of benzene rings is 2. The first kappa shape index (κ1) is 13.4. The molecule has 1 heterocycles. The summed E-state index contributed by atoms with van der Waals surface area (Å²) in [5, 5.41) is 6.09. The van der Waals surface area contributed by atoms with Gasteiger partial charge in [0.1, 0.15) is 0 Å². The largest absolute Gasteiger partial charge is 0.371 e. The molecule has 1 atom stereocenters. The van der Waals surface area contributed by atoms with Crippen LogP contribution in [0.1, 0.15) is 13.8 Å². The predicted molar refractivity (Wildman–Crippen MR) is 87.4 cm³/mol. The van der Waals surface area contributed by atoms with Crippen LogP contribution in [0, 0.1) is 11.8 Å². The first-order valence-electron chi connectivity index (χ1n) is 7.73. The van der Waals surface area contributed by atoms with Gasteiger partial charge in [-0.05, 0) is 43.3 Å². The van der Waals surface area contributed by atoms with Crippen molar-refractivity contribution in [1.82, 2.24) is 5.32 Å². The molecule has 3 rings (SSSR count). The number of hydrogen-bond acceptors (Lipinski definition) is 2. The Labute approximate surface area is 121 Å². The first-order valence-corrected chi connectivity index (χ1v) is 7.73. The molecule has 1 fully saturated rings. The normalized spacial score (nSPS) is 16.9. The third kappa shape index (κ3) is 2.53. The zero-order valence-electron chi connectivity index (χ0n) is 12.5. The van der Waals surface area contributed by atoms with E-state index in [-0.39, 0.29) is 0 Å². The second-order valence-corrected chi connectivity index (χ2v) is 5.93. The molecule has 1 N–H and O–H groups in total. The molecule has 0 amide bonds. The summed E-state index contributed by atoms with van der Waals surface area (Å²) in [5.74, 6) is 1.59. The number of anilines is 1. The van der Waals surface area contributed by atoms with Crippen LogP contribution in [0.5, 0.6) is 0 Å². The number of fused-ring (bicyclic) bond motifs is 1. The Morgan fingerprint density at radius 1 is 1.15 bits per heavy atom. The van der Waals surface area contributed by atoms with Crippen molar-refractivity contribution in [3.05, 3.63) is 42.5 Å². The second kappa shape index (κ2) is 5.84. The molecule has 1 saturated heterocycles. The number of nitrogens with zero attached hydrogens (tertiary/aromatic N) is 1. The molecule has 2 aromatic rings. The fourth-order valence-corrected chi connectivity index (χ4v) is 3.09. The van der Waals surface area contributed by atoms with Gasteiger partial charge in [-0.2, -0.15) is 0 Å². The Hall–Kier alpha value is -1.54. The lowest BCUT2D eigenvalue weighted by atomic mass is 9.88. The molecule has 0 aliphatic carbocycles. The van der Waals surface area contributed by atoms with E-state index in [2.05, 4.69) is 66.5 Å². The molecule has 1 aliphatic heterocycles. The van der Waals surface area contributed by atoms with Crippen molar-refractivity contribution in [2.75, 3.05) is 31.1 Å². The van der Waals surface area contributed by atoms with Crippen molar-refractivity contribution >= 4 is 16.5 Å². The van der Waals surface area contributed by atoms with Gasteiger partial charge in [-0.15, -0.1) is 0 Å². The summed E-state index contributed by atoms with van der Waals surface area (Å²) in [7, 11) is 0. The maximum absolute atomic E-state index is 3.38. The van der Waals surface area contributed by atoms with Gasteiger partial charge < -0.3 is 10.2 Å². The fraction of sp³-hybridized carbons (Fsp3) is 0.444. The molecule has 0 aromatic heterocycles. The Morgan fingerprint density at radius 3 is 2.60 bits per heavy atom. The van der Waals surface area contributed by atoms with Crippen molar-refractivity contribution in [2.24, 2.45) is 11.8 Å². The molecule has 20 heavy (non-hydrogen) atoms. The number of hydrogen-bond donors (Lipinski definition) is 1. The molecule has 106 valence electrons. The summed E-state index contributed by atoms with van der Waals surface area (Å²) in [6.45, 7) is 9.24. The van der Waals surface area contributed by atoms with Gasteiger partial charge >= 0.3 is 0 Å². The molecule has 0 spiro atoms. The molecule has 1 unspecified atom stereocenters. The summed E-state index contributed by atoms with van der Waals surface area (Å²) in [6, 6.07) is 15.3. The Morgan fingerprint density at radius 2 is 1.90 bits per heavy atom. The molecule has 1 aliphatic rings. The highest BCUT2D eigenvalue weighted by Crippen LogP contribution is 2.28. The van der Waals surface area contributed by atoms with E-state index in [4.69, 9.17) is 0 Å². The quantitative estimate of drug-likeness (QED) is 0.892. The minimum Gasteiger partial charge on any atom is -0.371 e. The Kier molecular flexibility index (Phi) is 3.93. The smallest absolute Gasteiger partial charge is 0.0445 e. The van der Waals surface area contributed by atoms with Crippen LogP contribution in [-0.2, 0) is 0 Å². The van der Waals surface area contributed by atoms with Crippen LogP contribution in [0.15, 0.2) is 42.5 Å². The van der Waals surface area contributed by atoms with Crippen molar-refractivity contribution in [3.8, 4) is 0 Å². The zero-order valence-corrected chi connectivity index (χ0v) is 12.5. The highest BCUT2D eigenvalue weighted by Gasteiger charge is 2.25.